The highest BCUT2D eigenvalue weighted by molar-refractivity contribution is 5.77. The maximum absolute atomic E-state index is 12.3. The molecule has 2 rings (SSSR count). The van der Waals surface area contributed by atoms with Gasteiger partial charge in [0.2, 0.25) is 11.8 Å². The van der Waals surface area contributed by atoms with Crippen molar-refractivity contribution in [3.8, 4) is 0 Å². The third kappa shape index (κ3) is 4.01. The highest BCUT2D eigenvalue weighted by atomic mass is 16.2. The maximum atomic E-state index is 12.3. The molecule has 8 nitrogen and oxygen atoms in total. The van der Waals surface area contributed by atoms with Crippen molar-refractivity contribution in [2.75, 3.05) is 26.2 Å². The minimum atomic E-state index is -0.00531. The van der Waals surface area contributed by atoms with Crippen LogP contribution < -0.4 is 5.73 Å². The second-order valence-corrected chi connectivity index (χ2v) is 5.08. The number of carbonyl (C=O) groups excluding carboxylic acids is 2. The van der Waals surface area contributed by atoms with Gasteiger partial charge in [-0.05, 0) is 6.42 Å². The fraction of sp³-hybridized carbons (Fsp3) is 0.692. The number of hydrogen-bond acceptors (Lipinski definition) is 5. The number of amides is 2. The molecule has 2 amide bonds. The van der Waals surface area contributed by atoms with Gasteiger partial charge in [0, 0.05) is 39.1 Å². The molecule has 1 fully saturated rings. The lowest BCUT2D eigenvalue weighted by molar-refractivity contribution is -0.133. The number of nitrogens with zero attached hydrogens (tertiary/aromatic N) is 5. The van der Waals surface area contributed by atoms with Crippen LogP contribution in [0, 0.1) is 0 Å². The lowest BCUT2D eigenvalue weighted by Crippen LogP contribution is -2.38. The Hall–Kier alpha value is -1.96. The predicted molar refractivity (Wildman–Crippen MR) is 76.0 cm³/mol. The van der Waals surface area contributed by atoms with Crippen LogP contribution in [0.5, 0.6) is 0 Å². The van der Waals surface area contributed by atoms with E-state index in [1.807, 2.05) is 11.8 Å². The minimum absolute atomic E-state index is 0.00531. The Morgan fingerprint density at radius 2 is 1.86 bits per heavy atom. The van der Waals surface area contributed by atoms with Gasteiger partial charge < -0.3 is 15.5 Å². The van der Waals surface area contributed by atoms with Crippen LogP contribution in [-0.4, -0.2) is 62.8 Å². The highest BCUT2D eigenvalue weighted by Crippen LogP contribution is 2.06. The number of rotatable bonds is 4. The number of carbonyl (C=O) groups is 2. The summed E-state index contributed by atoms with van der Waals surface area (Å²) in [5.74, 6) is 0.141. The largest absolute Gasteiger partial charge is 0.341 e. The number of nitrogens with two attached hydrogens (primary N) is 1. The molecule has 0 radical (unpaired) electrons. The fourth-order valence-electron chi connectivity index (χ4n) is 2.39. The number of hydrogen-bond donors (Lipinski definition) is 1. The van der Waals surface area contributed by atoms with Gasteiger partial charge in [-0.25, -0.2) is 4.68 Å². The van der Waals surface area contributed by atoms with E-state index in [4.69, 9.17) is 5.73 Å². The number of aromatic nitrogens is 3. The van der Waals surface area contributed by atoms with Crippen LogP contribution in [0.2, 0.25) is 0 Å². The van der Waals surface area contributed by atoms with Gasteiger partial charge in [0.1, 0.15) is 6.54 Å². The monoisotopic (exact) mass is 294 g/mol. The van der Waals surface area contributed by atoms with Gasteiger partial charge >= 0.3 is 0 Å². The van der Waals surface area contributed by atoms with Crippen molar-refractivity contribution < 1.29 is 9.59 Å². The Labute approximate surface area is 123 Å². The van der Waals surface area contributed by atoms with E-state index in [-0.39, 0.29) is 18.4 Å². The van der Waals surface area contributed by atoms with Gasteiger partial charge in [0.05, 0.1) is 11.9 Å². The third-order valence-electron chi connectivity index (χ3n) is 3.60. The molecule has 0 aliphatic carbocycles. The molecule has 0 aromatic carbocycles. The summed E-state index contributed by atoms with van der Waals surface area (Å²) in [6.07, 6.45) is 3.00. The van der Waals surface area contributed by atoms with Crippen molar-refractivity contribution in [2.45, 2.75) is 32.9 Å². The zero-order valence-electron chi connectivity index (χ0n) is 12.4. The molecule has 0 atom stereocenters. The van der Waals surface area contributed by atoms with E-state index in [0.29, 0.717) is 38.3 Å². The lowest BCUT2D eigenvalue weighted by atomic mass is 10.3. The van der Waals surface area contributed by atoms with Crippen LogP contribution in [0.1, 0.15) is 25.5 Å². The zero-order chi connectivity index (χ0) is 15.2. The summed E-state index contributed by atoms with van der Waals surface area (Å²) in [6.45, 7) is 4.89. The van der Waals surface area contributed by atoms with E-state index in [1.165, 1.54) is 4.68 Å². The van der Waals surface area contributed by atoms with E-state index < -0.39 is 0 Å². The fourth-order valence-corrected chi connectivity index (χ4v) is 2.39. The predicted octanol–water partition coefficient (Wildman–Crippen LogP) is -0.792. The van der Waals surface area contributed by atoms with E-state index in [1.54, 1.807) is 11.1 Å². The summed E-state index contributed by atoms with van der Waals surface area (Å²) >= 11 is 0. The van der Waals surface area contributed by atoms with Crippen LogP contribution in [0.3, 0.4) is 0 Å². The van der Waals surface area contributed by atoms with Gasteiger partial charge in [0.15, 0.2) is 0 Å². The van der Waals surface area contributed by atoms with Crippen molar-refractivity contribution in [3.63, 3.8) is 0 Å². The average molecular weight is 294 g/mol. The van der Waals surface area contributed by atoms with Gasteiger partial charge in [0.25, 0.3) is 0 Å². The van der Waals surface area contributed by atoms with E-state index in [9.17, 15) is 9.59 Å². The molecule has 21 heavy (non-hydrogen) atoms. The summed E-state index contributed by atoms with van der Waals surface area (Å²) in [5.41, 5.74) is 6.13. The molecule has 2 heterocycles. The molecule has 2 N–H and O–H groups in total. The molecule has 1 aromatic heterocycles. The molecule has 1 aliphatic heterocycles. The van der Waals surface area contributed by atoms with E-state index in [0.717, 1.165) is 13.0 Å². The average Bonchev–Trinajstić information content (AvgIpc) is 2.80. The topological polar surface area (TPSA) is 97.4 Å². The molecule has 1 aromatic rings. The van der Waals surface area contributed by atoms with Gasteiger partial charge in [-0.15, -0.1) is 5.10 Å². The Balaban J connectivity index is 1.89. The zero-order valence-corrected chi connectivity index (χ0v) is 12.4. The second kappa shape index (κ2) is 7.16. The summed E-state index contributed by atoms with van der Waals surface area (Å²) < 4.78 is 1.50. The minimum Gasteiger partial charge on any atom is -0.341 e. The molecular weight excluding hydrogens is 272 g/mol. The van der Waals surface area contributed by atoms with Crippen molar-refractivity contribution in [1.82, 2.24) is 24.8 Å². The molecule has 0 saturated carbocycles. The summed E-state index contributed by atoms with van der Waals surface area (Å²) in [6, 6.07) is 0. The lowest BCUT2D eigenvalue weighted by Gasteiger charge is -2.21. The first-order valence-electron chi connectivity index (χ1n) is 7.28. The SMILES string of the molecule is CCC(=O)N1CCCN(C(=O)Cn2cc(CN)nn2)CC1. The molecule has 0 unspecified atom stereocenters. The molecular formula is C13H22N6O2. The highest BCUT2D eigenvalue weighted by Gasteiger charge is 2.21. The van der Waals surface area contributed by atoms with Crippen LogP contribution in [0.15, 0.2) is 6.20 Å². The van der Waals surface area contributed by atoms with Crippen LogP contribution >= 0.6 is 0 Å². The Kier molecular flexibility index (Phi) is 5.26. The van der Waals surface area contributed by atoms with Crippen molar-refractivity contribution in [2.24, 2.45) is 5.73 Å². The Morgan fingerprint density at radius 1 is 1.19 bits per heavy atom. The van der Waals surface area contributed by atoms with Crippen molar-refractivity contribution in [3.05, 3.63) is 11.9 Å². The quantitative estimate of drug-likeness (QED) is 0.784. The van der Waals surface area contributed by atoms with Gasteiger partial charge in [-0.1, -0.05) is 12.1 Å². The summed E-state index contributed by atoms with van der Waals surface area (Å²) in [7, 11) is 0. The normalized spacial score (nSPS) is 15.9. The standard InChI is InChI=1S/C13H22N6O2/c1-2-12(20)17-4-3-5-18(7-6-17)13(21)10-19-9-11(8-14)15-16-19/h9H,2-8,10,14H2,1H3. The second-order valence-electron chi connectivity index (χ2n) is 5.08. The van der Waals surface area contributed by atoms with Crippen molar-refractivity contribution in [1.29, 1.82) is 0 Å². The third-order valence-corrected chi connectivity index (χ3v) is 3.60. The smallest absolute Gasteiger partial charge is 0.244 e. The van der Waals surface area contributed by atoms with E-state index in [2.05, 4.69) is 10.3 Å². The van der Waals surface area contributed by atoms with Crippen LogP contribution in [0.4, 0.5) is 0 Å². The molecule has 0 bridgehead atoms. The van der Waals surface area contributed by atoms with Crippen molar-refractivity contribution >= 4 is 11.8 Å². The summed E-state index contributed by atoms with van der Waals surface area (Å²) in [4.78, 5) is 27.6. The Bertz CT molecular complexity index is 501. The van der Waals surface area contributed by atoms with Gasteiger partial charge in [-0.2, -0.15) is 0 Å². The first-order chi connectivity index (χ1) is 10.1. The Morgan fingerprint density at radius 3 is 2.43 bits per heavy atom. The van der Waals surface area contributed by atoms with Crippen LogP contribution in [0.25, 0.3) is 0 Å². The van der Waals surface area contributed by atoms with Gasteiger partial charge in [-0.3, -0.25) is 9.59 Å². The first kappa shape index (κ1) is 15.4. The van der Waals surface area contributed by atoms with Crippen LogP contribution in [-0.2, 0) is 22.7 Å². The molecule has 8 heteroatoms. The molecule has 1 saturated heterocycles. The first-order valence-corrected chi connectivity index (χ1v) is 7.28. The molecule has 116 valence electrons. The maximum Gasteiger partial charge on any atom is 0.244 e. The molecule has 1 aliphatic rings. The molecule has 0 spiro atoms. The summed E-state index contributed by atoms with van der Waals surface area (Å²) in [5, 5.41) is 7.74. The van der Waals surface area contributed by atoms with E-state index >= 15 is 0 Å².